The molecule has 2 heterocycles. The number of methoxy groups -OCH3 is 1. The van der Waals surface area contributed by atoms with Crippen molar-refractivity contribution >= 4 is 32.6 Å². The number of carbonyl (C=O) groups excluding carboxylic acids is 1. The quantitative estimate of drug-likeness (QED) is 0.487. The van der Waals surface area contributed by atoms with Gasteiger partial charge in [0.1, 0.15) is 11.5 Å². The second kappa shape index (κ2) is 7.25. The van der Waals surface area contributed by atoms with Gasteiger partial charge in [0, 0.05) is 0 Å². The first-order chi connectivity index (χ1) is 13.2. The van der Waals surface area contributed by atoms with Crippen molar-refractivity contribution in [1.82, 2.24) is 4.98 Å². The minimum atomic E-state index is -0.181. The lowest BCUT2D eigenvalue weighted by molar-refractivity contribution is 0.0980. The third-order valence-corrected chi connectivity index (χ3v) is 5.28. The number of aryl methyl sites for hydroxylation is 1. The number of para-hydroxylation sites is 1. The Balaban J connectivity index is 1.79. The SMILES string of the molecule is COc1ccccc1C(=O)N(Cc1ccco1)c1nc2ccc(C)cc2s1. The maximum atomic E-state index is 13.4. The van der Waals surface area contributed by atoms with Crippen LogP contribution in [0.3, 0.4) is 0 Å². The van der Waals surface area contributed by atoms with Gasteiger partial charge in [-0.05, 0) is 48.9 Å². The minimum Gasteiger partial charge on any atom is -0.496 e. The number of rotatable bonds is 5. The molecule has 0 saturated heterocycles. The number of benzene rings is 2. The Labute approximate surface area is 160 Å². The molecular weight excluding hydrogens is 360 g/mol. The van der Waals surface area contributed by atoms with E-state index in [0.29, 0.717) is 28.7 Å². The summed E-state index contributed by atoms with van der Waals surface area (Å²) in [5.74, 6) is 1.04. The van der Waals surface area contributed by atoms with Crippen LogP contribution in [0.4, 0.5) is 5.13 Å². The molecule has 2 aromatic heterocycles. The van der Waals surface area contributed by atoms with E-state index < -0.39 is 0 Å². The molecule has 5 nitrogen and oxygen atoms in total. The smallest absolute Gasteiger partial charge is 0.264 e. The van der Waals surface area contributed by atoms with E-state index in [0.717, 1.165) is 15.8 Å². The minimum absolute atomic E-state index is 0.181. The molecule has 2 aromatic carbocycles. The maximum absolute atomic E-state index is 13.4. The normalized spacial score (nSPS) is 10.9. The van der Waals surface area contributed by atoms with Gasteiger partial charge in [-0.25, -0.2) is 4.98 Å². The van der Waals surface area contributed by atoms with Crippen LogP contribution < -0.4 is 9.64 Å². The van der Waals surface area contributed by atoms with Crippen LogP contribution in [0.25, 0.3) is 10.2 Å². The Morgan fingerprint density at radius 3 is 2.81 bits per heavy atom. The Kier molecular flexibility index (Phi) is 4.64. The number of carbonyl (C=O) groups is 1. The monoisotopic (exact) mass is 378 g/mol. The molecule has 0 bridgehead atoms. The van der Waals surface area contributed by atoms with Gasteiger partial charge in [-0.1, -0.05) is 29.5 Å². The Hall–Kier alpha value is -3.12. The highest BCUT2D eigenvalue weighted by Crippen LogP contribution is 2.32. The van der Waals surface area contributed by atoms with Crippen LogP contribution in [0.5, 0.6) is 5.75 Å². The largest absolute Gasteiger partial charge is 0.496 e. The highest BCUT2D eigenvalue weighted by atomic mass is 32.1. The van der Waals surface area contributed by atoms with E-state index in [2.05, 4.69) is 11.1 Å². The topological polar surface area (TPSA) is 55.6 Å². The van der Waals surface area contributed by atoms with E-state index in [9.17, 15) is 4.79 Å². The molecule has 0 atom stereocenters. The summed E-state index contributed by atoms with van der Waals surface area (Å²) >= 11 is 1.49. The van der Waals surface area contributed by atoms with Gasteiger partial charge in [-0.2, -0.15) is 0 Å². The summed E-state index contributed by atoms with van der Waals surface area (Å²) in [5, 5.41) is 0.628. The molecule has 0 saturated carbocycles. The van der Waals surface area contributed by atoms with Crippen molar-refractivity contribution in [2.75, 3.05) is 12.0 Å². The third-order valence-electron chi connectivity index (χ3n) is 4.24. The van der Waals surface area contributed by atoms with Crippen LogP contribution in [0.15, 0.2) is 65.3 Å². The number of hydrogen-bond acceptors (Lipinski definition) is 5. The highest BCUT2D eigenvalue weighted by Gasteiger charge is 2.25. The Morgan fingerprint density at radius 2 is 2.04 bits per heavy atom. The molecule has 0 aliphatic rings. The molecule has 0 fully saturated rings. The van der Waals surface area contributed by atoms with Gasteiger partial charge >= 0.3 is 0 Å². The van der Waals surface area contributed by atoms with Crippen molar-refractivity contribution in [3.63, 3.8) is 0 Å². The summed E-state index contributed by atoms with van der Waals surface area (Å²) in [5.41, 5.74) is 2.52. The zero-order chi connectivity index (χ0) is 18.8. The van der Waals surface area contributed by atoms with E-state index in [1.54, 1.807) is 30.4 Å². The summed E-state index contributed by atoms with van der Waals surface area (Å²) in [4.78, 5) is 19.7. The fourth-order valence-corrected chi connectivity index (χ4v) is 3.95. The van der Waals surface area contributed by atoms with E-state index in [1.807, 2.05) is 43.3 Å². The molecule has 136 valence electrons. The summed E-state index contributed by atoms with van der Waals surface area (Å²) in [6.45, 7) is 2.34. The van der Waals surface area contributed by atoms with Crippen LogP contribution in [0.2, 0.25) is 0 Å². The van der Waals surface area contributed by atoms with Crippen LogP contribution in [0.1, 0.15) is 21.7 Å². The zero-order valence-electron chi connectivity index (χ0n) is 15.0. The van der Waals surface area contributed by atoms with Gasteiger partial charge in [-0.3, -0.25) is 9.69 Å². The van der Waals surface area contributed by atoms with Crippen LogP contribution >= 0.6 is 11.3 Å². The first-order valence-electron chi connectivity index (χ1n) is 8.50. The number of nitrogens with zero attached hydrogens (tertiary/aromatic N) is 2. The van der Waals surface area contributed by atoms with Gasteiger partial charge < -0.3 is 9.15 Å². The second-order valence-corrected chi connectivity index (χ2v) is 7.15. The fourth-order valence-electron chi connectivity index (χ4n) is 2.89. The highest BCUT2D eigenvalue weighted by molar-refractivity contribution is 7.22. The van der Waals surface area contributed by atoms with Crippen molar-refractivity contribution in [3.8, 4) is 5.75 Å². The van der Waals surface area contributed by atoms with E-state index in [-0.39, 0.29) is 5.91 Å². The first-order valence-corrected chi connectivity index (χ1v) is 9.32. The first kappa shape index (κ1) is 17.3. The van der Waals surface area contributed by atoms with Gasteiger partial charge in [0.2, 0.25) is 0 Å². The zero-order valence-corrected chi connectivity index (χ0v) is 15.8. The number of thiazole rings is 1. The number of amides is 1. The molecule has 0 spiro atoms. The summed E-state index contributed by atoms with van der Waals surface area (Å²) in [7, 11) is 1.56. The van der Waals surface area contributed by atoms with Crippen molar-refractivity contribution in [3.05, 3.63) is 77.7 Å². The molecule has 0 aliphatic heterocycles. The standard InChI is InChI=1S/C21H18N2O3S/c1-14-9-10-17-19(12-14)27-21(22-17)23(13-15-6-5-11-26-15)20(24)16-7-3-4-8-18(16)25-2/h3-12H,13H2,1-2H3. The van der Waals surface area contributed by atoms with Crippen molar-refractivity contribution in [2.45, 2.75) is 13.5 Å². The maximum Gasteiger partial charge on any atom is 0.264 e. The lowest BCUT2D eigenvalue weighted by Gasteiger charge is -2.20. The van der Waals surface area contributed by atoms with Crippen molar-refractivity contribution in [1.29, 1.82) is 0 Å². The fraction of sp³-hybridized carbons (Fsp3) is 0.143. The van der Waals surface area contributed by atoms with Gasteiger partial charge in [0.15, 0.2) is 5.13 Å². The molecule has 0 N–H and O–H groups in total. The molecule has 1 amide bonds. The van der Waals surface area contributed by atoms with Gasteiger partial charge in [0.05, 0.1) is 35.7 Å². The molecule has 0 unspecified atom stereocenters. The molecule has 4 aromatic rings. The number of anilines is 1. The second-order valence-electron chi connectivity index (χ2n) is 6.14. The number of aromatic nitrogens is 1. The predicted molar refractivity (Wildman–Crippen MR) is 107 cm³/mol. The lowest BCUT2D eigenvalue weighted by Crippen LogP contribution is -2.30. The van der Waals surface area contributed by atoms with Crippen LogP contribution in [-0.2, 0) is 6.54 Å². The average molecular weight is 378 g/mol. The van der Waals surface area contributed by atoms with E-state index >= 15 is 0 Å². The van der Waals surface area contributed by atoms with E-state index in [4.69, 9.17) is 9.15 Å². The Bertz CT molecular complexity index is 1090. The van der Waals surface area contributed by atoms with Crippen molar-refractivity contribution in [2.24, 2.45) is 0 Å². The molecule has 0 aliphatic carbocycles. The Morgan fingerprint density at radius 1 is 1.19 bits per heavy atom. The molecular formula is C21H18N2O3S. The number of furan rings is 1. The van der Waals surface area contributed by atoms with Crippen LogP contribution in [0, 0.1) is 6.92 Å². The molecule has 6 heteroatoms. The van der Waals surface area contributed by atoms with Gasteiger partial charge in [0.25, 0.3) is 5.91 Å². The predicted octanol–water partition coefficient (Wildman–Crippen LogP) is 5.05. The van der Waals surface area contributed by atoms with E-state index in [1.165, 1.54) is 11.3 Å². The van der Waals surface area contributed by atoms with Gasteiger partial charge in [-0.15, -0.1) is 0 Å². The average Bonchev–Trinajstić information content (AvgIpc) is 3.34. The number of ether oxygens (including phenoxy) is 1. The molecule has 4 rings (SSSR count). The number of fused-ring (bicyclic) bond motifs is 1. The number of hydrogen-bond donors (Lipinski definition) is 0. The molecule has 0 radical (unpaired) electrons. The third kappa shape index (κ3) is 3.44. The van der Waals surface area contributed by atoms with Crippen LogP contribution in [-0.4, -0.2) is 18.0 Å². The lowest BCUT2D eigenvalue weighted by atomic mass is 10.1. The van der Waals surface area contributed by atoms with Crippen molar-refractivity contribution < 1.29 is 13.9 Å². The summed E-state index contributed by atoms with van der Waals surface area (Å²) < 4.78 is 11.9. The summed E-state index contributed by atoms with van der Waals surface area (Å²) in [6, 6.07) is 16.9. The summed E-state index contributed by atoms with van der Waals surface area (Å²) in [6.07, 6.45) is 1.60. The molecule has 27 heavy (non-hydrogen) atoms.